The SMILES string of the molecule is Cc1nc(C(C)(C)C)sc1C(C)Nc1ccc(=O)n(C)c1. The molecule has 0 saturated heterocycles. The minimum absolute atomic E-state index is 0.00260. The molecule has 0 fully saturated rings. The third-order valence-electron chi connectivity index (χ3n) is 3.34. The molecule has 2 rings (SSSR count). The van der Waals surface area contributed by atoms with Crippen LogP contribution in [-0.2, 0) is 12.5 Å². The first-order chi connectivity index (χ1) is 9.68. The van der Waals surface area contributed by atoms with Gasteiger partial charge in [0.1, 0.15) is 0 Å². The molecule has 0 aliphatic rings. The zero-order valence-electron chi connectivity index (χ0n) is 13.5. The van der Waals surface area contributed by atoms with Gasteiger partial charge in [0.25, 0.3) is 0 Å². The van der Waals surface area contributed by atoms with E-state index in [9.17, 15) is 4.79 Å². The summed E-state index contributed by atoms with van der Waals surface area (Å²) in [6.45, 7) is 10.7. The van der Waals surface area contributed by atoms with E-state index in [1.165, 1.54) is 4.88 Å². The molecule has 0 saturated carbocycles. The average Bonchev–Trinajstić information content (AvgIpc) is 2.76. The first kappa shape index (κ1) is 15.8. The Kier molecular flexibility index (Phi) is 4.23. The largest absolute Gasteiger partial charge is 0.376 e. The van der Waals surface area contributed by atoms with Crippen molar-refractivity contribution in [2.45, 2.75) is 46.1 Å². The van der Waals surface area contributed by atoms with Gasteiger partial charge in [0.15, 0.2) is 0 Å². The van der Waals surface area contributed by atoms with Gasteiger partial charge in [0.2, 0.25) is 5.56 Å². The Morgan fingerprint density at radius 3 is 2.52 bits per heavy atom. The van der Waals surface area contributed by atoms with E-state index in [1.54, 1.807) is 29.0 Å². The van der Waals surface area contributed by atoms with E-state index in [-0.39, 0.29) is 17.0 Å². The monoisotopic (exact) mass is 305 g/mol. The average molecular weight is 305 g/mol. The molecule has 0 aliphatic carbocycles. The summed E-state index contributed by atoms with van der Waals surface area (Å²) < 4.78 is 1.58. The fraction of sp³-hybridized carbons (Fsp3) is 0.500. The Morgan fingerprint density at radius 2 is 2.00 bits per heavy atom. The third kappa shape index (κ3) is 3.53. The highest BCUT2D eigenvalue weighted by Gasteiger charge is 2.22. The summed E-state index contributed by atoms with van der Waals surface area (Å²) in [5, 5.41) is 4.60. The normalized spacial score (nSPS) is 13.2. The van der Waals surface area contributed by atoms with Crippen LogP contribution in [0.3, 0.4) is 0 Å². The van der Waals surface area contributed by atoms with Gasteiger partial charge in [-0.1, -0.05) is 20.8 Å². The fourth-order valence-electron chi connectivity index (χ4n) is 2.13. The van der Waals surface area contributed by atoms with Crippen LogP contribution in [0.15, 0.2) is 23.1 Å². The molecule has 0 spiro atoms. The van der Waals surface area contributed by atoms with E-state index in [2.05, 4.69) is 39.9 Å². The topological polar surface area (TPSA) is 46.9 Å². The molecule has 0 aromatic carbocycles. The number of hydrogen-bond donors (Lipinski definition) is 1. The zero-order chi connectivity index (χ0) is 15.8. The van der Waals surface area contributed by atoms with Crippen molar-refractivity contribution in [2.75, 3.05) is 5.32 Å². The summed E-state index contributed by atoms with van der Waals surface area (Å²) in [6, 6.07) is 3.56. The highest BCUT2D eigenvalue weighted by Crippen LogP contribution is 2.33. The molecule has 2 aromatic heterocycles. The molecule has 1 N–H and O–H groups in total. The van der Waals surface area contributed by atoms with E-state index in [0.717, 1.165) is 16.4 Å². The number of aryl methyl sites for hydroxylation is 2. The van der Waals surface area contributed by atoms with Gasteiger partial charge in [-0.25, -0.2) is 4.98 Å². The molecular formula is C16H23N3OS. The Bertz CT molecular complexity index is 694. The van der Waals surface area contributed by atoms with Crippen molar-refractivity contribution < 1.29 is 0 Å². The number of nitrogens with one attached hydrogen (secondary N) is 1. The van der Waals surface area contributed by atoms with Crippen LogP contribution < -0.4 is 10.9 Å². The van der Waals surface area contributed by atoms with Gasteiger partial charge in [-0.05, 0) is 19.9 Å². The molecule has 0 bridgehead atoms. The number of anilines is 1. The molecule has 2 aromatic rings. The predicted octanol–water partition coefficient (Wildman–Crippen LogP) is 3.62. The Morgan fingerprint density at radius 1 is 1.33 bits per heavy atom. The van der Waals surface area contributed by atoms with E-state index >= 15 is 0 Å². The summed E-state index contributed by atoms with van der Waals surface area (Å²) in [7, 11) is 1.76. The molecule has 114 valence electrons. The van der Waals surface area contributed by atoms with Crippen LogP contribution in [0, 0.1) is 6.92 Å². The molecule has 5 heteroatoms. The highest BCUT2D eigenvalue weighted by atomic mass is 32.1. The van der Waals surface area contributed by atoms with Crippen molar-refractivity contribution in [2.24, 2.45) is 7.05 Å². The maximum atomic E-state index is 11.4. The van der Waals surface area contributed by atoms with E-state index in [1.807, 2.05) is 12.3 Å². The molecule has 1 atom stereocenters. The summed E-state index contributed by atoms with van der Waals surface area (Å²) in [5.41, 5.74) is 2.09. The van der Waals surface area contributed by atoms with Gasteiger partial charge in [-0.15, -0.1) is 11.3 Å². The van der Waals surface area contributed by atoms with Gasteiger partial charge in [0.05, 0.1) is 22.4 Å². The predicted molar refractivity (Wildman–Crippen MR) is 89.3 cm³/mol. The maximum absolute atomic E-state index is 11.4. The van der Waals surface area contributed by atoms with Gasteiger partial charge >= 0.3 is 0 Å². The molecule has 4 nitrogen and oxygen atoms in total. The van der Waals surface area contributed by atoms with Crippen LogP contribution in [0.25, 0.3) is 0 Å². The molecule has 0 aliphatic heterocycles. The lowest BCUT2D eigenvalue weighted by Crippen LogP contribution is -2.16. The lowest BCUT2D eigenvalue weighted by molar-refractivity contribution is 0.584. The second-order valence-electron chi connectivity index (χ2n) is 6.45. The summed E-state index contributed by atoms with van der Waals surface area (Å²) in [5.74, 6) is 0. The van der Waals surface area contributed by atoms with Crippen LogP contribution in [0.4, 0.5) is 5.69 Å². The lowest BCUT2D eigenvalue weighted by atomic mass is 9.98. The Balaban J connectivity index is 2.24. The first-order valence-electron chi connectivity index (χ1n) is 7.09. The summed E-state index contributed by atoms with van der Waals surface area (Å²) in [4.78, 5) is 17.4. The highest BCUT2D eigenvalue weighted by molar-refractivity contribution is 7.12. The number of pyridine rings is 1. The Labute approximate surface area is 129 Å². The maximum Gasteiger partial charge on any atom is 0.250 e. The van der Waals surface area contributed by atoms with Crippen molar-refractivity contribution in [3.8, 4) is 0 Å². The smallest absolute Gasteiger partial charge is 0.250 e. The summed E-state index contributed by atoms with van der Waals surface area (Å²) in [6.07, 6.45) is 1.82. The van der Waals surface area contributed by atoms with Crippen LogP contribution in [-0.4, -0.2) is 9.55 Å². The van der Waals surface area contributed by atoms with Crippen molar-refractivity contribution in [1.29, 1.82) is 0 Å². The number of aromatic nitrogens is 2. The number of hydrogen-bond acceptors (Lipinski definition) is 4. The Hall–Kier alpha value is -1.62. The minimum Gasteiger partial charge on any atom is -0.376 e. The van der Waals surface area contributed by atoms with Crippen molar-refractivity contribution in [1.82, 2.24) is 9.55 Å². The standard InChI is InChI=1S/C16H23N3OS/c1-10(17-12-7-8-13(20)19(6)9-12)14-11(2)18-15(21-14)16(3,4)5/h7-10,17H,1-6H3. The number of thiazole rings is 1. The van der Waals surface area contributed by atoms with Crippen molar-refractivity contribution in [3.63, 3.8) is 0 Å². The molecule has 0 radical (unpaired) electrons. The van der Waals surface area contributed by atoms with E-state index in [4.69, 9.17) is 4.98 Å². The van der Waals surface area contributed by atoms with Gasteiger partial charge in [0, 0.05) is 29.6 Å². The van der Waals surface area contributed by atoms with E-state index < -0.39 is 0 Å². The van der Waals surface area contributed by atoms with E-state index in [0.29, 0.717) is 0 Å². The molecule has 2 heterocycles. The molecular weight excluding hydrogens is 282 g/mol. The van der Waals surface area contributed by atoms with Gasteiger partial charge < -0.3 is 9.88 Å². The fourth-order valence-corrected chi connectivity index (χ4v) is 3.25. The van der Waals surface area contributed by atoms with Crippen LogP contribution in [0.1, 0.15) is 49.3 Å². The summed E-state index contributed by atoms with van der Waals surface area (Å²) >= 11 is 1.76. The second kappa shape index (κ2) is 5.64. The minimum atomic E-state index is -0.00260. The van der Waals surface area contributed by atoms with Crippen molar-refractivity contribution >= 4 is 17.0 Å². The molecule has 0 amide bonds. The van der Waals surface area contributed by atoms with Crippen LogP contribution >= 0.6 is 11.3 Å². The van der Waals surface area contributed by atoms with Crippen LogP contribution in [0.2, 0.25) is 0 Å². The van der Waals surface area contributed by atoms with Gasteiger partial charge in [-0.3, -0.25) is 4.79 Å². The number of rotatable bonds is 3. The molecule has 1 unspecified atom stereocenters. The quantitative estimate of drug-likeness (QED) is 0.942. The molecule has 21 heavy (non-hydrogen) atoms. The van der Waals surface area contributed by atoms with Crippen molar-refractivity contribution in [3.05, 3.63) is 44.3 Å². The first-order valence-corrected chi connectivity index (χ1v) is 7.91. The zero-order valence-corrected chi connectivity index (χ0v) is 14.3. The third-order valence-corrected chi connectivity index (χ3v) is 5.10. The van der Waals surface area contributed by atoms with Crippen LogP contribution in [0.5, 0.6) is 0 Å². The van der Waals surface area contributed by atoms with Gasteiger partial charge in [-0.2, -0.15) is 0 Å². The second-order valence-corrected chi connectivity index (χ2v) is 7.48. The number of nitrogens with zero attached hydrogens (tertiary/aromatic N) is 2. The lowest BCUT2D eigenvalue weighted by Gasteiger charge is -2.15.